The second-order valence-electron chi connectivity index (χ2n) is 7.70. The average Bonchev–Trinajstić information content (AvgIpc) is 3.22. The molecule has 0 radical (unpaired) electrons. The van der Waals surface area contributed by atoms with Gasteiger partial charge in [0.1, 0.15) is 0 Å². The number of carbonyl (C=O) groups is 2. The molecule has 1 aromatic rings. The Kier molecular flexibility index (Phi) is 4.75. The topological polar surface area (TPSA) is 75.4 Å². The van der Waals surface area contributed by atoms with Gasteiger partial charge in [-0.25, -0.2) is 0 Å². The third kappa shape index (κ3) is 2.80. The number of ketones is 1. The van der Waals surface area contributed by atoms with E-state index in [4.69, 9.17) is 0 Å². The molecule has 25 heavy (non-hydrogen) atoms. The van der Waals surface area contributed by atoms with Gasteiger partial charge in [-0.15, -0.1) is 0 Å². The quantitative estimate of drug-likeness (QED) is 0.801. The van der Waals surface area contributed by atoms with Gasteiger partial charge in [-0.2, -0.15) is 5.10 Å². The van der Waals surface area contributed by atoms with Crippen molar-refractivity contribution >= 4 is 11.7 Å². The Morgan fingerprint density at radius 3 is 2.56 bits per heavy atom. The van der Waals surface area contributed by atoms with E-state index < -0.39 is 0 Å². The van der Waals surface area contributed by atoms with Crippen molar-refractivity contribution < 1.29 is 14.7 Å². The summed E-state index contributed by atoms with van der Waals surface area (Å²) in [4.78, 5) is 26.6. The van der Waals surface area contributed by atoms with E-state index in [1.807, 2.05) is 18.7 Å². The van der Waals surface area contributed by atoms with Crippen molar-refractivity contribution in [1.82, 2.24) is 14.7 Å². The summed E-state index contributed by atoms with van der Waals surface area (Å²) < 4.78 is 1.78. The van der Waals surface area contributed by atoms with Gasteiger partial charge < -0.3 is 10.0 Å². The van der Waals surface area contributed by atoms with Crippen molar-refractivity contribution in [2.45, 2.75) is 78.4 Å². The number of hydrogen-bond acceptors (Lipinski definition) is 4. The highest BCUT2D eigenvalue weighted by Crippen LogP contribution is 2.51. The Bertz CT molecular complexity index is 690. The molecule has 3 atom stereocenters. The molecule has 3 heterocycles. The van der Waals surface area contributed by atoms with Crippen molar-refractivity contribution in [1.29, 1.82) is 0 Å². The summed E-state index contributed by atoms with van der Waals surface area (Å²) in [6.07, 6.45) is 4.27. The molecule has 3 rings (SSSR count). The fourth-order valence-corrected chi connectivity index (χ4v) is 5.08. The van der Waals surface area contributed by atoms with Crippen LogP contribution in [0.1, 0.15) is 67.7 Å². The number of hydrogen-bond donors (Lipinski definition) is 1. The lowest BCUT2D eigenvalue weighted by atomic mass is 9.72. The molecule has 2 bridgehead atoms. The number of fused-ring (bicyclic) bond motifs is 2. The first-order valence-corrected chi connectivity index (χ1v) is 9.31. The van der Waals surface area contributed by atoms with Crippen LogP contribution in [0.15, 0.2) is 0 Å². The second-order valence-corrected chi connectivity index (χ2v) is 7.70. The van der Waals surface area contributed by atoms with E-state index in [1.54, 1.807) is 11.6 Å². The SMILES string of the molecule is CC[C@]1(CO)C[C@H]2CC[C@@H]1N2C(=O)CCn1nc(C)c(C(C)=O)c1C. The van der Waals surface area contributed by atoms with Crippen molar-refractivity contribution in [3.8, 4) is 0 Å². The van der Waals surface area contributed by atoms with Gasteiger partial charge in [-0.1, -0.05) is 6.92 Å². The molecule has 2 fully saturated rings. The Morgan fingerprint density at radius 1 is 1.32 bits per heavy atom. The minimum Gasteiger partial charge on any atom is -0.396 e. The average molecular weight is 347 g/mol. The highest BCUT2D eigenvalue weighted by molar-refractivity contribution is 5.96. The van der Waals surface area contributed by atoms with Gasteiger partial charge in [0.25, 0.3) is 0 Å². The summed E-state index contributed by atoms with van der Waals surface area (Å²) in [6, 6.07) is 0.450. The third-order valence-electron chi connectivity index (χ3n) is 6.43. The van der Waals surface area contributed by atoms with Crippen LogP contribution in [0.4, 0.5) is 0 Å². The van der Waals surface area contributed by atoms with Crippen LogP contribution in [0.25, 0.3) is 0 Å². The molecular formula is C19H29N3O3. The highest BCUT2D eigenvalue weighted by atomic mass is 16.3. The molecule has 2 aliphatic rings. The monoisotopic (exact) mass is 347 g/mol. The zero-order valence-corrected chi connectivity index (χ0v) is 15.7. The fourth-order valence-electron chi connectivity index (χ4n) is 5.08. The van der Waals surface area contributed by atoms with E-state index in [9.17, 15) is 14.7 Å². The van der Waals surface area contributed by atoms with E-state index in [-0.39, 0.29) is 35.8 Å². The van der Waals surface area contributed by atoms with Crippen LogP contribution in [0.3, 0.4) is 0 Å². The molecule has 0 spiro atoms. The Morgan fingerprint density at radius 2 is 2.04 bits per heavy atom. The fraction of sp³-hybridized carbons (Fsp3) is 0.737. The lowest BCUT2D eigenvalue weighted by Gasteiger charge is -2.34. The largest absolute Gasteiger partial charge is 0.396 e. The van der Waals surface area contributed by atoms with E-state index in [1.165, 1.54) is 0 Å². The van der Waals surface area contributed by atoms with Crippen LogP contribution in [0.2, 0.25) is 0 Å². The molecule has 1 aromatic heterocycles. The van der Waals surface area contributed by atoms with Gasteiger partial charge in [0.2, 0.25) is 5.91 Å². The lowest BCUT2D eigenvalue weighted by Crippen LogP contribution is -2.42. The molecule has 138 valence electrons. The maximum Gasteiger partial charge on any atom is 0.224 e. The highest BCUT2D eigenvalue weighted by Gasteiger charge is 2.55. The molecule has 0 aliphatic carbocycles. The van der Waals surface area contributed by atoms with Crippen LogP contribution in [-0.2, 0) is 11.3 Å². The number of aliphatic hydroxyl groups excluding tert-OH is 1. The van der Waals surface area contributed by atoms with Gasteiger partial charge in [-0.3, -0.25) is 14.3 Å². The predicted molar refractivity (Wildman–Crippen MR) is 94.4 cm³/mol. The zero-order chi connectivity index (χ0) is 18.4. The second kappa shape index (κ2) is 6.56. The van der Waals surface area contributed by atoms with Crippen LogP contribution in [-0.4, -0.2) is 50.2 Å². The minimum absolute atomic E-state index is 0.0147. The zero-order valence-electron chi connectivity index (χ0n) is 15.7. The summed E-state index contributed by atoms with van der Waals surface area (Å²) >= 11 is 0. The Hall–Kier alpha value is -1.69. The summed E-state index contributed by atoms with van der Waals surface area (Å²) in [5.41, 5.74) is 2.11. The number of aromatic nitrogens is 2. The molecule has 0 saturated carbocycles. The molecular weight excluding hydrogens is 318 g/mol. The smallest absolute Gasteiger partial charge is 0.224 e. The standard InChI is InChI=1S/C19H29N3O3/c1-5-19(11-23)10-15-6-7-16(19)22(15)17(25)8-9-21-13(3)18(14(4)24)12(2)20-21/h15-16,23H,5-11H2,1-4H3/t15-,16+,19-/m1/s1. The van der Waals surface area contributed by atoms with Gasteiger partial charge in [-0.05, 0) is 46.5 Å². The molecule has 6 heteroatoms. The number of carbonyl (C=O) groups excluding carboxylic acids is 2. The Labute approximate surface area is 149 Å². The lowest BCUT2D eigenvalue weighted by molar-refractivity contribution is -0.133. The third-order valence-corrected chi connectivity index (χ3v) is 6.43. The first kappa shape index (κ1) is 18.1. The maximum atomic E-state index is 12.9. The summed E-state index contributed by atoms with van der Waals surface area (Å²) in [5.74, 6) is 0.161. The number of amides is 1. The van der Waals surface area contributed by atoms with Gasteiger partial charge in [0.05, 0.1) is 17.9 Å². The van der Waals surface area contributed by atoms with E-state index >= 15 is 0 Å². The van der Waals surface area contributed by atoms with Crippen molar-refractivity contribution in [3.05, 3.63) is 17.0 Å². The van der Waals surface area contributed by atoms with Crippen molar-refractivity contribution in [3.63, 3.8) is 0 Å². The number of Topliss-reactive ketones (excluding diaryl/α,β-unsaturated/α-hetero) is 1. The van der Waals surface area contributed by atoms with E-state index in [2.05, 4.69) is 12.0 Å². The molecule has 0 aromatic carbocycles. The number of aliphatic hydroxyl groups is 1. The van der Waals surface area contributed by atoms with E-state index in [0.717, 1.165) is 37.1 Å². The summed E-state index contributed by atoms with van der Waals surface area (Å²) in [7, 11) is 0. The molecule has 1 N–H and O–H groups in total. The van der Waals surface area contributed by atoms with Crippen LogP contribution < -0.4 is 0 Å². The molecule has 2 aliphatic heterocycles. The normalized spacial score (nSPS) is 28.0. The number of aryl methyl sites for hydroxylation is 2. The number of rotatable bonds is 6. The van der Waals surface area contributed by atoms with Crippen LogP contribution in [0, 0.1) is 19.3 Å². The first-order chi connectivity index (χ1) is 11.8. The first-order valence-electron chi connectivity index (χ1n) is 9.31. The predicted octanol–water partition coefficient (Wildman–Crippen LogP) is 2.24. The molecule has 0 unspecified atom stereocenters. The summed E-state index contributed by atoms with van der Waals surface area (Å²) in [6.45, 7) is 8.03. The number of nitrogens with zero attached hydrogens (tertiary/aromatic N) is 3. The molecule has 1 amide bonds. The molecule has 6 nitrogen and oxygen atoms in total. The summed E-state index contributed by atoms with van der Waals surface area (Å²) in [5, 5.41) is 14.3. The van der Waals surface area contributed by atoms with E-state index in [0.29, 0.717) is 18.5 Å². The Balaban J connectivity index is 1.70. The van der Waals surface area contributed by atoms with Gasteiger partial charge >= 0.3 is 0 Å². The van der Waals surface area contributed by atoms with Crippen LogP contribution in [0.5, 0.6) is 0 Å². The van der Waals surface area contributed by atoms with Crippen LogP contribution >= 0.6 is 0 Å². The maximum absolute atomic E-state index is 12.9. The van der Waals surface area contributed by atoms with Crippen molar-refractivity contribution in [2.24, 2.45) is 5.41 Å². The van der Waals surface area contributed by atoms with Gasteiger partial charge in [0, 0.05) is 36.2 Å². The van der Waals surface area contributed by atoms with Gasteiger partial charge in [0.15, 0.2) is 5.78 Å². The minimum atomic E-state index is -0.113. The van der Waals surface area contributed by atoms with Crippen molar-refractivity contribution in [2.75, 3.05) is 6.61 Å². The molecule has 2 saturated heterocycles.